The molecule has 22 heavy (non-hydrogen) atoms. The number of hydrogen-bond donors (Lipinski definition) is 0. The molecule has 1 amide bonds. The number of nitrogens with zero attached hydrogens (tertiary/aromatic N) is 1. The lowest BCUT2D eigenvalue weighted by Crippen LogP contribution is -2.37. The van der Waals surface area contributed by atoms with E-state index in [0.29, 0.717) is 0 Å². The molecule has 8 nitrogen and oxygen atoms in total. The normalized spacial score (nSPS) is 13.1. The van der Waals surface area contributed by atoms with Crippen LogP contribution in [0.1, 0.15) is 20.8 Å². The van der Waals surface area contributed by atoms with E-state index in [2.05, 4.69) is 0 Å². The standard InChI is InChI=1S/C14H21NO7/c1-9(16)20-8-13(22-11(3)18)12(21-10(2)17)6-7-14(19)15(4)5/h6-7,12-13H,8H2,1-5H3/b7-6+/t12-,13+/m1/s1. The highest BCUT2D eigenvalue weighted by Crippen LogP contribution is 2.09. The summed E-state index contributed by atoms with van der Waals surface area (Å²) in [6.07, 6.45) is 0.361. The number of rotatable bonds is 7. The first-order valence-corrected chi connectivity index (χ1v) is 6.50. The Morgan fingerprint density at radius 1 is 0.955 bits per heavy atom. The van der Waals surface area contributed by atoms with Gasteiger partial charge in [-0.2, -0.15) is 0 Å². The highest BCUT2D eigenvalue weighted by atomic mass is 16.6. The smallest absolute Gasteiger partial charge is 0.303 e. The molecule has 0 bridgehead atoms. The van der Waals surface area contributed by atoms with Crippen LogP contribution in [0, 0.1) is 0 Å². The second-order valence-electron chi connectivity index (χ2n) is 4.62. The Morgan fingerprint density at radius 2 is 1.50 bits per heavy atom. The minimum Gasteiger partial charge on any atom is -0.462 e. The predicted molar refractivity (Wildman–Crippen MR) is 75.6 cm³/mol. The number of amides is 1. The molecule has 0 aliphatic rings. The van der Waals surface area contributed by atoms with Crippen molar-refractivity contribution in [2.24, 2.45) is 0 Å². The summed E-state index contributed by atoms with van der Waals surface area (Å²) in [5, 5.41) is 0. The van der Waals surface area contributed by atoms with E-state index in [1.807, 2.05) is 0 Å². The number of carbonyl (C=O) groups excluding carboxylic acids is 4. The Labute approximate surface area is 129 Å². The van der Waals surface area contributed by atoms with E-state index in [1.165, 1.54) is 37.8 Å². The Morgan fingerprint density at radius 3 is 1.91 bits per heavy atom. The third kappa shape index (κ3) is 8.72. The van der Waals surface area contributed by atoms with Crippen molar-refractivity contribution in [2.45, 2.75) is 33.0 Å². The highest BCUT2D eigenvalue weighted by molar-refractivity contribution is 5.87. The Hall–Kier alpha value is -2.38. The zero-order valence-electron chi connectivity index (χ0n) is 13.3. The van der Waals surface area contributed by atoms with Gasteiger partial charge >= 0.3 is 17.9 Å². The van der Waals surface area contributed by atoms with Crippen LogP contribution in [-0.4, -0.2) is 61.6 Å². The first-order valence-electron chi connectivity index (χ1n) is 6.50. The molecule has 0 aliphatic heterocycles. The minimum atomic E-state index is -1.05. The molecule has 0 saturated carbocycles. The van der Waals surface area contributed by atoms with Crippen LogP contribution in [-0.2, 0) is 33.4 Å². The average molecular weight is 315 g/mol. The summed E-state index contributed by atoms with van der Waals surface area (Å²) in [7, 11) is 3.10. The molecule has 0 aromatic carbocycles. The van der Waals surface area contributed by atoms with E-state index in [9.17, 15) is 19.2 Å². The lowest BCUT2D eigenvalue weighted by atomic mass is 10.2. The molecule has 0 spiro atoms. The van der Waals surface area contributed by atoms with Gasteiger partial charge in [0, 0.05) is 40.9 Å². The van der Waals surface area contributed by atoms with Crippen LogP contribution in [0.2, 0.25) is 0 Å². The number of carbonyl (C=O) groups is 4. The quantitative estimate of drug-likeness (QED) is 0.372. The summed E-state index contributed by atoms with van der Waals surface area (Å²) >= 11 is 0. The van der Waals surface area contributed by atoms with Gasteiger partial charge in [0.2, 0.25) is 5.91 Å². The van der Waals surface area contributed by atoms with Crippen molar-refractivity contribution in [3.05, 3.63) is 12.2 Å². The van der Waals surface area contributed by atoms with Crippen molar-refractivity contribution in [1.82, 2.24) is 4.90 Å². The number of esters is 3. The summed E-state index contributed by atoms with van der Waals surface area (Å²) in [5.74, 6) is -2.19. The lowest BCUT2D eigenvalue weighted by molar-refractivity contribution is -0.169. The van der Waals surface area contributed by atoms with E-state index >= 15 is 0 Å². The lowest BCUT2D eigenvalue weighted by Gasteiger charge is -2.23. The Kier molecular flexibility index (Phi) is 8.51. The van der Waals surface area contributed by atoms with Crippen molar-refractivity contribution in [3.8, 4) is 0 Å². The maximum Gasteiger partial charge on any atom is 0.303 e. The number of likely N-dealkylation sites (N-methyl/N-ethyl adjacent to an activating group) is 1. The molecule has 2 atom stereocenters. The monoisotopic (exact) mass is 315 g/mol. The third-order valence-electron chi connectivity index (χ3n) is 2.31. The van der Waals surface area contributed by atoms with Crippen LogP contribution in [0.3, 0.4) is 0 Å². The van der Waals surface area contributed by atoms with Gasteiger partial charge in [-0.15, -0.1) is 0 Å². The molecule has 8 heteroatoms. The molecular formula is C14H21NO7. The van der Waals surface area contributed by atoms with Gasteiger partial charge in [0.25, 0.3) is 0 Å². The van der Waals surface area contributed by atoms with Crippen LogP contribution in [0.4, 0.5) is 0 Å². The van der Waals surface area contributed by atoms with E-state index in [4.69, 9.17) is 14.2 Å². The topological polar surface area (TPSA) is 99.2 Å². The summed E-state index contributed by atoms with van der Waals surface area (Å²) < 4.78 is 14.8. The van der Waals surface area contributed by atoms with Crippen molar-refractivity contribution in [2.75, 3.05) is 20.7 Å². The van der Waals surface area contributed by atoms with E-state index in [0.717, 1.165) is 0 Å². The molecule has 0 aromatic rings. The molecule has 0 aromatic heterocycles. The van der Waals surface area contributed by atoms with Crippen LogP contribution in [0.25, 0.3) is 0 Å². The zero-order chi connectivity index (χ0) is 17.3. The molecule has 0 rings (SSSR count). The van der Waals surface area contributed by atoms with Gasteiger partial charge in [-0.05, 0) is 6.08 Å². The predicted octanol–water partition coefficient (Wildman–Crippen LogP) is 0.0573. The fraction of sp³-hybridized carbons (Fsp3) is 0.571. The van der Waals surface area contributed by atoms with Crippen LogP contribution in [0.5, 0.6) is 0 Å². The fourth-order valence-corrected chi connectivity index (χ4v) is 1.37. The maximum absolute atomic E-state index is 11.5. The second-order valence-corrected chi connectivity index (χ2v) is 4.62. The van der Waals surface area contributed by atoms with Gasteiger partial charge in [-0.3, -0.25) is 19.2 Å². The SMILES string of the molecule is CC(=O)OC[C@H](OC(C)=O)[C@@H](/C=C/C(=O)N(C)C)OC(C)=O. The molecule has 0 unspecified atom stereocenters. The van der Waals surface area contributed by atoms with Crippen LogP contribution < -0.4 is 0 Å². The molecule has 0 fully saturated rings. The largest absolute Gasteiger partial charge is 0.462 e. The summed E-state index contributed by atoms with van der Waals surface area (Å²) in [6, 6.07) is 0. The molecule has 0 saturated heterocycles. The molecule has 0 radical (unpaired) electrons. The minimum absolute atomic E-state index is 0.298. The molecule has 124 valence electrons. The molecule has 0 aliphatic carbocycles. The highest BCUT2D eigenvalue weighted by Gasteiger charge is 2.26. The second kappa shape index (κ2) is 9.54. The maximum atomic E-state index is 11.5. The third-order valence-corrected chi connectivity index (χ3v) is 2.31. The first-order chi connectivity index (χ1) is 10.1. The zero-order valence-corrected chi connectivity index (χ0v) is 13.3. The van der Waals surface area contributed by atoms with Gasteiger partial charge in [0.1, 0.15) is 6.61 Å². The summed E-state index contributed by atoms with van der Waals surface area (Å²) in [4.78, 5) is 46.0. The van der Waals surface area contributed by atoms with Crippen molar-refractivity contribution in [3.63, 3.8) is 0 Å². The Balaban J connectivity index is 5.17. The molecular weight excluding hydrogens is 294 g/mol. The van der Waals surface area contributed by atoms with E-state index in [-0.39, 0.29) is 12.5 Å². The Bertz CT molecular complexity index is 456. The van der Waals surface area contributed by atoms with Gasteiger partial charge in [0.15, 0.2) is 12.2 Å². The number of hydrogen-bond acceptors (Lipinski definition) is 7. The summed E-state index contributed by atoms with van der Waals surface area (Å²) in [6.45, 7) is 3.23. The molecule has 0 heterocycles. The van der Waals surface area contributed by atoms with Gasteiger partial charge in [-0.1, -0.05) is 0 Å². The number of ether oxygens (including phenoxy) is 3. The van der Waals surface area contributed by atoms with Crippen molar-refractivity contribution < 1.29 is 33.4 Å². The average Bonchev–Trinajstić information content (AvgIpc) is 2.37. The van der Waals surface area contributed by atoms with Crippen LogP contribution >= 0.6 is 0 Å². The first kappa shape index (κ1) is 19.6. The van der Waals surface area contributed by atoms with Crippen LogP contribution in [0.15, 0.2) is 12.2 Å². The van der Waals surface area contributed by atoms with Gasteiger partial charge in [0.05, 0.1) is 0 Å². The van der Waals surface area contributed by atoms with E-state index < -0.39 is 30.1 Å². The molecule has 0 N–H and O–H groups in total. The van der Waals surface area contributed by atoms with E-state index in [1.54, 1.807) is 14.1 Å². The fourth-order valence-electron chi connectivity index (χ4n) is 1.37. The van der Waals surface area contributed by atoms with Crippen molar-refractivity contribution in [1.29, 1.82) is 0 Å². The van der Waals surface area contributed by atoms with Crippen molar-refractivity contribution >= 4 is 23.8 Å². The summed E-state index contributed by atoms with van der Waals surface area (Å²) in [5.41, 5.74) is 0. The van der Waals surface area contributed by atoms with Gasteiger partial charge < -0.3 is 19.1 Å². The van der Waals surface area contributed by atoms with Gasteiger partial charge in [-0.25, -0.2) is 0 Å².